The zero-order valence-corrected chi connectivity index (χ0v) is 11.6. The van der Waals surface area contributed by atoms with Crippen LogP contribution in [-0.4, -0.2) is 25.7 Å². The fourth-order valence-electron chi connectivity index (χ4n) is 1.48. The molecule has 0 aliphatic heterocycles. The molecule has 2 atom stereocenters. The quantitative estimate of drug-likeness (QED) is 0.711. The third kappa shape index (κ3) is 6.11. The van der Waals surface area contributed by atoms with Crippen molar-refractivity contribution in [2.75, 3.05) is 13.7 Å². The van der Waals surface area contributed by atoms with Gasteiger partial charge in [0.2, 0.25) is 0 Å². The van der Waals surface area contributed by atoms with Gasteiger partial charge in [0.15, 0.2) is 0 Å². The molecule has 0 rings (SSSR count). The molecule has 16 heavy (non-hydrogen) atoms. The molecular formula is C13H27NO2. The average Bonchev–Trinajstić information content (AvgIpc) is 2.21. The van der Waals surface area contributed by atoms with E-state index in [2.05, 4.69) is 39.9 Å². The van der Waals surface area contributed by atoms with Gasteiger partial charge >= 0.3 is 5.97 Å². The van der Waals surface area contributed by atoms with Crippen molar-refractivity contribution < 1.29 is 9.53 Å². The van der Waals surface area contributed by atoms with Crippen molar-refractivity contribution in [2.24, 2.45) is 11.3 Å². The second-order valence-corrected chi connectivity index (χ2v) is 5.65. The largest absolute Gasteiger partial charge is 0.468 e. The highest BCUT2D eigenvalue weighted by atomic mass is 16.5. The lowest BCUT2D eigenvalue weighted by Gasteiger charge is -2.24. The van der Waals surface area contributed by atoms with Crippen molar-refractivity contribution in [3.8, 4) is 0 Å². The molecule has 0 aromatic heterocycles. The number of carbonyl (C=O) groups is 1. The molecule has 0 aliphatic carbocycles. The van der Waals surface area contributed by atoms with Crippen LogP contribution in [0.2, 0.25) is 0 Å². The predicted molar refractivity (Wildman–Crippen MR) is 67.3 cm³/mol. The number of ether oxygens (including phenoxy) is 1. The van der Waals surface area contributed by atoms with Gasteiger partial charge in [-0.05, 0) is 24.3 Å². The Balaban J connectivity index is 4.18. The lowest BCUT2D eigenvalue weighted by molar-refractivity contribution is -0.144. The Hall–Kier alpha value is -0.570. The maximum Gasteiger partial charge on any atom is 0.323 e. The van der Waals surface area contributed by atoms with Gasteiger partial charge in [0.25, 0.3) is 0 Å². The Morgan fingerprint density at radius 2 is 1.94 bits per heavy atom. The number of hydrogen-bond acceptors (Lipinski definition) is 3. The van der Waals surface area contributed by atoms with Crippen LogP contribution in [0.4, 0.5) is 0 Å². The third-order valence-electron chi connectivity index (χ3n) is 2.91. The van der Waals surface area contributed by atoms with Crippen LogP contribution >= 0.6 is 0 Å². The number of nitrogens with one attached hydrogen (secondary N) is 1. The molecule has 3 heteroatoms. The summed E-state index contributed by atoms with van der Waals surface area (Å²) in [6, 6.07) is -0.169. The monoisotopic (exact) mass is 229 g/mol. The van der Waals surface area contributed by atoms with E-state index in [0.29, 0.717) is 11.3 Å². The maximum atomic E-state index is 11.6. The van der Waals surface area contributed by atoms with Crippen LogP contribution in [0.5, 0.6) is 0 Å². The third-order valence-corrected chi connectivity index (χ3v) is 2.91. The smallest absolute Gasteiger partial charge is 0.323 e. The van der Waals surface area contributed by atoms with Crippen molar-refractivity contribution in [1.29, 1.82) is 0 Å². The summed E-state index contributed by atoms with van der Waals surface area (Å²) in [6.07, 6.45) is 2.03. The summed E-state index contributed by atoms with van der Waals surface area (Å²) in [6.45, 7) is 11.6. The number of carbonyl (C=O) groups excluding carboxylic acids is 1. The lowest BCUT2D eigenvalue weighted by Crippen LogP contribution is -2.43. The molecule has 3 nitrogen and oxygen atoms in total. The van der Waals surface area contributed by atoms with Crippen LogP contribution in [0.25, 0.3) is 0 Å². The molecule has 0 heterocycles. The van der Waals surface area contributed by atoms with Crippen LogP contribution in [0.15, 0.2) is 0 Å². The molecule has 0 radical (unpaired) electrons. The van der Waals surface area contributed by atoms with E-state index in [-0.39, 0.29) is 12.0 Å². The van der Waals surface area contributed by atoms with E-state index in [1.54, 1.807) is 0 Å². The fraction of sp³-hybridized carbons (Fsp3) is 0.923. The van der Waals surface area contributed by atoms with Crippen LogP contribution in [0.3, 0.4) is 0 Å². The van der Waals surface area contributed by atoms with E-state index in [0.717, 1.165) is 19.4 Å². The molecule has 0 aliphatic rings. The summed E-state index contributed by atoms with van der Waals surface area (Å²) in [7, 11) is 1.45. The molecule has 0 bridgehead atoms. The van der Waals surface area contributed by atoms with Crippen LogP contribution < -0.4 is 5.32 Å². The van der Waals surface area contributed by atoms with Crippen molar-refractivity contribution in [3.63, 3.8) is 0 Å². The highest BCUT2D eigenvalue weighted by Gasteiger charge is 2.24. The van der Waals surface area contributed by atoms with Gasteiger partial charge in [-0.15, -0.1) is 0 Å². The van der Waals surface area contributed by atoms with E-state index in [1.807, 2.05) is 0 Å². The van der Waals surface area contributed by atoms with Crippen LogP contribution in [-0.2, 0) is 9.53 Å². The van der Waals surface area contributed by atoms with E-state index in [1.165, 1.54) is 7.11 Å². The van der Waals surface area contributed by atoms with Crippen LogP contribution in [0.1, 0.15) is 47.5 Å². The summed E-state index contributed by atoms with van der Waals surface area (Å²) in [5, 5.41) is 3.30. The van der Waals surface area contributed by atoms with E-state index >= 15 is 0 Å². The molecule has 96 valence electrons. The minimum Gasteiger partial charge on any atom is -0.468 e. The average molecular weight is 229 g/mol. The second kappa shape index (κ2) is 6.89. The second-order valence-electron chi connectivity index (χ2n) is 5.65. The number of methoxy groups -OCH3 is 1. The molecule has 0 aromatic carbocycles. The molecule has 0 aromatic rings. The van der Waals surface area contributed by atoms with Gasteiger partial charge < -0.3 is 10.1 Å². The Kier molecular flexibility index (Phi) is 6.65. The van der Waals surface area contributed by atoms with Gasteiger partial charge in [-0.1, -0.05) is 41.0 Å². The van der Waals surface area contributed by atoms with Gasteiger partial charge in [-0.25, -0.2) is 0 Å². The first kappa shape index (κ1) is 15.4. The van der Waals surface area contributed by atoms with Gasteiger partial charge in [-0.3, -0.25) is 4.79 Å². The Morgan fingerprint density at radius 3 is 2.31 bits per heavy atom. The Morgan fingerprint density at radius 1 is 1.38 bits per heavy atom. The standard InChI is InChI=1S/C13H27NO2/c1-7-10(2)11(12(15)16-6)14-9-8-13(3,4)5/h10-11,14H,7-9H2,1-6H3. The molecule has 2 unspecified atom stereocenters. The highest BCUT2D eigenvalue weighted by molar-refractivity contribution is 5.75. The van der Waals surface area contributed by atoms with Gasteiger partial charge in [0.05, 0.1) is 7.11 Å². The Bertz CT molecular complexity index is 208. The van der Waals surface area contributed by atoms with Gasteiger partial charge in [0.1, 0.15) is 6.04 Å². The van der Waals surface area contributed by atoms with Crippen molar-refractivity contribution in [3.05, 3.63) is 0 Å². The summed E-state index contributed by atoms with van der Waals surface area (Å²) in [5.41, 5.74) is 0.295. The van der Waals surface area contributed by atoms with E-state index < -0.39 is 0 Å². The first-order valence-electron chi connectivity index (χ1n) is 6.13. The number of rotatable bonds is 6. The zero-order chi connectivity index (χ0) is 12.8. The number of esters is 1. The van der Waals surface area contributed by atoms with E-state index in [4.69, 9.17) is 4.74 Å². The first-order valence-corrected chi connectivity index (χ1v) is 6.13. The topological polar surface area (TPSA) is 38.3 Å². The molecular weight excluding hydrogens is 202 g/mol. The van der Waals surface area contributed by atoms with Crippen LogP contribution in [0, 0.1) is 11.3 Å². The summed E-state index contributed by atoms with van der Waals surface area (Å²) in [5.74, 6) is 0.163. The summed E-state index contributed by atoms with van der Waals surface area (Å²) in [4.78, 5) is 11.6. The van der Waals surface area contributed by atoms with Gasteiger partial charge in [0, 0.05) is 0 Å². The molecule has 0 fully saturated rings. The normalized spacial score (nSPS) is 15.6. The minimum atomic E-state index is -0.169. The van der Waals surface area contributed by atoms with Crippen molar-refractivity contribution in [2.45, 2.75) is 53.5 Å². The number of hydrogen-bond donors (Lipinski definition) is 1. The fourth-order valence-corrected chi connectivity index (χ4v) is 1.48. The molecule has 0 saturated carbocycles. The van der Waals surface area contributed by atoms with Crippen molar-refractivity contribution >= 4 is 5.97 Å². The summed E-state index contributed by atoms with van der Waals surface area (Å²) >= 11 is 0. The summed E-state index contributed by atoms with van der Waals surface area (Å²) < 4.78 is 4.82. The lowest BCUT2D eigenvalue weighted by atomic mass is 9.91. The van der Waals surface area contributed by atoms with Gasteiger partial charge in [-0.2, -0.15) is 0 Å². The first-order chi connectivity index (χ1) is 7.31. The minimum absolute atomic E-state index is 0.150. The molecule has 1 N–H and O–H groups in total. The van der Waals surface area contributed by atoms with E-state index in [9.17, 15) is 4.79 Å². The zero-order valence-electron chi connectivity index (χ0n) is 11.6. The van der Waals surface area contributed by atoms with Crippen molar-refractivity contribution in [1.82, 2.24) is 5.32 Å². The molecule has 0 spiro atoms. The highest BCUT2D eigenvalue weighted by Crippen LogP contribution is 2.18. The Labute approximate surface area is 99.9 Å². The maximum absolute atomic E-state index is 11.6. The molecule has 0 saturated heterocycles. The SMILES string of the molecule is CCC(C)C(NCCC(C)(C)C)C(=O)OC. The molecule has 0 amide bonds. The predicted octanol–water partition coefficient (Wildman–Crippen LogP) is 2.60.